The van der Waals surface area contributed by atoms with E-state index >= 15 is 0 Å². The Morgan fingerprint density at radius 3 is 2.75 bits per heavy atom. The van der Waals surface area contributed by atoms with Crippen molar-refractivity contribution in [1.82, 2.24) is 9.88 Å². The van der Waals surface area contributed by atoms with Gasteiger partial charge >= 0.3 is 0 Å². The molecule has 2 atom stereocenters. The van der Waals surface area contributed by atoms with Crippen LogP contribution >= 0.6 is 24.8 Å². The van der Waals surface area contributed by atoms with E-state index in [4.69, 9.17) is 5.73 Å². The second-order valence-electron chi connectivity index (χ2n) is 5.18. The lowest BCUT2D eigenvalue weighted by atomic mass is 9.92. The van der Waals surface area contributed by atoms with Crippen molar-refractivity contribution >= 4 is 30.7 Å². The molecule has 1 aliphatic rings. The van der Waals surface area contributed by atoms with Gasteiger partial charge in [-0.2, -0.15) is 0 Å². The van der Waals surface area contributed by atoms with Gasteiger partial charge in [-0.15, -0.1) is 24.8 Å². The van der Waals surface area contributed by atoms with Crippen LogP contribution in [0.4, 0.5) is 0 Å². The van der Waals surface area contributed by atoms with Crippen LogP contribution in [0.15, 0.2) is 18.2 Å². The summed E-state index contributed by atoms with van der Waals surface area (Å²) in [6.07, 6.45) is 2.15. The van der Waals surface area contributed by atoms with Crippen LogP contribution < -0.4 is 5.73 Å². The molecule has 0 radical (unpaired) electrons. The lowest BCUT2D eigenvalue weighted by molar-refractivity contribution is 0.0655. The third-order valence-electron chi connectivity index (χ3n) is 3.60. The van der Waals surface area contributed by atoms with Crippen LogP contribution in [-0.2, 0) is 0 Å². The number of carbonyl (C=O) groups excluding carboxylic acids is 1. The molecule has 0 aromatic carbocycles. The summed E-state index contributed by atoms with van der Waals surface area (Å²) in [5.41, 5.74) is 7.36. The number of nitrogens with zero attached hydrogens (tertiary/aromatic N) is 2. The van der Waals surface area contributed by atoms with Crippen molar-refractivity contribution in [1.29, 1.82) is 0 Å². The predicted molar refractivity (Wildman–Crippen MR) is 85.7 cm³/mol. The highest BCUT2D eigenvalue weighted by molar-refractivity contribution is 5.92. The number of piperidine rings is 1. The van der Waals surface area contributed by atoms with Gasteiger partial charge in [-0.05, 0) is 44.7 Å². The van der Waals surface area contributed by atoms with Gasteiger partial charge in [-0.3, -0.25) is 4.79 Å². The van der Waals surface area contributed by atoms with E-state index < -0.39 is 0 Å². The van der Waals surface area contributed by atoms with Crippen LogP contribution in [0.1, 0.15) is 35.9 Å². The standard InChI is InChI=1S/C14H21N3O.2ClH/c1-10-5-3-7-13(16-10)14(18)17-8-4-6-12(9-17)11(2)15;;/h3,5,7,11-12H,4,6,8-9,15H2,1-2H3;2*1H. The first-order valence-corrected chi connectivity index (χ1v) is 6.56. The Labute approximate surface area is 132 Å². The van der Waals surface area contributed by atoms with E-state index in [-0.39, 0.29) is 36.8 Å². The molecule has 2 N–H and O–H groups in total. The van der Waals surface area contributed by atoms with Crippen molar-refractivity contribution in [2.45, 2.75) is 32.7 Å². The fourth-order valence-electron chi connectivity index (χ4n) is 2.45. The maximum absolute atomic E-state index is 12.3. The topological polar surface area (TPSA) is 59.2 Å². The van der Waals surface area contributed by atoms with E-state index in [0.717, 1.165) is 31.6 Å². The number of carbonyl (C=O) groups is 1. The van der Waals surface area contributed by atoms with Crippen molar-refractivity contribution in [2.75, 3.05) is 13.1 Å². The average molecular weight is 320 g/mol. The molecule has 2 rings (SSSR count). The Morgan fingerprint density at radius 2 is 2.15 bits per heavy atom. The van der Waals surface area contributed by atoms with Crippen LogP contribution in [-0.4, -0.2) is 34.9 Å². The van der Waals surface area contributed by atoms with Gasteiger partial charge in [-0.25, -0.2) is 4.98 Å². The van der Waals surface area contributed by atoms with Gasteiger partial charge in [0, 0.05) is 24.8 Å². The Morgan fingerprint density at radius 1 is 1.45 bits per heavy atom. The lowest BCUT2D eigenvalue weighted by Gasteiger charge is -2.34. The number of likely N-dealkylation sites (tertiary alicyclic amines) is 1. The molecule has 1 amide bonds. The highest BCUT2D eigenvalue weighted by Crippen LogP contribution is 2.20. The molecule has 1 fully saturated rings. The number of nitrogens with two attached hydrogens (primary N) is 1. The van der Waals surface area contributed by atoms with E-state index in [9.17, 15) is 4.79 Å². The minimum Gasteiger partial charge on any atom is -0.337 e. The zero-order chi connectivity index (χ0) is 13.1. The quantitative estimate of drug-likeness (QED) is 0.910. The monoisotopic (exact) mass is 319 g/mol. The highest BCUT2D eigenvalue weighted by atomic mass is 35.5. The number of halogens is 2. The molecule has 1 aliphatic heterocycles. The summed E-state index contributed by atoms with van der Waals surface area (Å²) in [5.74, 6) is 0.441. The Kier molecular flexibility index (Phi) is 8.09. The predicted octanol–water partition coefficient (Wildman–Crippen LogP) is 2.43. The molecule has 2 heterocycles. The molecule has 114 valence electrons. The van der Waals surface area contributed by atoms with Gasteiger partial charge in [-0.1, -0.05) is 6.07 Å². The summed E-state index contributed by atoms with van der Waals surface area (Å²) in [6.45, 7) is 5.49. The van der Waals surface area contributed by atoms with Gasteiger partial charge in [0.1, 0.15) is 5.69 Å². The summed E-state index contributed by atoms with van der Waals surface area (Å²) in [5, 5.41) is 0. The first-order valence-electron chi connectivity index (χ1n) is 6.56. The van der Waals surface area contributed by atoms with Crippen molar-refractivity contribution in [2.24, 2.45) is 11.7 Å². The maximum Gasteiger partial charge on any atom is 0.272 e. The molecule has 0 saturated carbocycles. The SMILES string of the molecule is Cc1cccc(C(=O)N2CCCC(C(C)N)C2)n1.Cl.Cl. The molecule has 6 heteroatoms. The van der Waals surface area contributed by atoms with Crippen molar-refractivity contribution in [3.63, 3.8) is 0 Å². The Balaban J connectivity index is 0.00000180. The van der Waals surface area contributed by atoms with Crippen LogP contribution in [0.2, 0.25) is 0 Å². The number of pyridine rings is 1. The second kappa shape index (κ2) is 8.45. The minimum atomic E-state index is 0. The number of hydrogen-bond acceptors (Lipinski definition) is 3. The summed E-state index contributed by atoms with van der Waals surface area (Å²) >= 11 is 0. The summed E-state index contributed by atoms with van der Waals surface area (Å²) in [4.78, 5) is 18.5. The number of hydrogen-bond donors (Lipinski definition) is 1. The number of amides is 1. The molecule has 0 aliphatic carbocycles. The molecule has 4 nitrogen and oxygen atoms in total. The van der Waals surface area contributed by atoms with E-state index in [1.54, 1.807) is 6.07 Å². The largest absolute Gasteiger partial charge is 0.337 e. The third kappa shape index (κ3) is 4.62. The normalized spacial score (nSPS) is 19.6. The zero-order valence-electron chi connectivity index (χ0n) is 11.9. The highest BCUT2D eigenvalue weighted by Gasteiger charge is 2.26. The average Bonchev–Trinajstić information content (AvgIpc) is 2.38. The smallest absolute Gasteiger partial charge is 0.272 e. The zero-order valence-corrected chi connectivity index (χ0v) is 13.5. The fraction of sp³-hybridized carbons (Fsp3) is 0.571. The van der Waals surface area contributed by atoms with Crippen molar-refractivity contribution in [3.05, 3.63) is 29.6 Å². The van der Waals surface area contributed by atoms with Crippen molar-refractivity contribution in [3.8, 4) is 0 Å². The summed E-state index contributed by atoms with van der Waals surface area (Å²) < 4.78 is 0. The van der Waals surface area contributed by atoms with Gasteiger partial charge in [0.05, 0.1) is 0 Å². The van der Waals surface area contributed by atoms with Crippen LogP contribution in [0.25, 0.3) is 0 Å². The number of aryl methyl sites for hydroxylation is 1. The van der Waals surface area contributed by atoms with Crippen LogP contribution in [0, 0.1) is 12.8 Å². The molecular formula is C14H23Cl2N3O. The van der Waals surface area contributed by atoms with Crippen LogP contribution in [0.5, 0.6) is 0 Å². The fourth-order valence-corrected chi connectivity index (χ4v) is 2.45. The molecule has 0 spiro atoms. The molecule has 0 bridgehead atoms. The third-order valence-corrected chi connectivity index (χ3v) is 3.60. The van der Waals surface area contributed by atoms with E-state index in [1.165, 1.54) is 0 Å². The van der Waals surface area contributed by atoms with Crippen LogP contribution in [0.3, 0.4) is 0 Å². The molecule has 1 aromatic heterocycles. The van der Waals surface area contributed by atoms with Gasteiger partial charge in [0.15, 0.2) is 0 Å². The van der Waals surface area contributed by atoms with Crippen molar-refractivity contribution < 1.29 is 4.79 Å². The first kappa shape index (κ1) is 19.2. The second-order valence-corrected chi connectivity index (χ2v) is 5.18. The molecule has 1 aromatic rings. The number of aromatic nitrogens is 1. The lowest BCUT2D eigenvalue weighted by Crippen LogP contribution is -2.45. The summed E-state index contributed by atoms with van der Waals surface area (Å²) in [6, 6.07) is 5.71. The van der Waals surface area contributed by atoms with Gasteiger partial charge in [0.25, 0.3) is 5.91 Å². The van der Waals surface area contributed by atoms with E-state index in [0.29, 0.717) is 11.6 Å². The molecule has 20 heavy (non-hydrogen) atoms. The van der Waals surface area contributed by atoms with E-state index in [2.05, 4.69) is 4.98 Å². The molecular weight excluding hydrogens is 297 g/mol. The number of rotatable bonds is 2. The minimum absolute atomic E-state index is 0. The molecule has 2 unspecified atom stereocenters. The van der Waals surface area contributed by atoms with Gasteiger partial charge in [0.2, 0.25) is 0 Å². The van der Waals surface area contributed by atoms with E-state index in [1.807, 2.05) is 30.9 Å². The molecule has 1 saturated heterocycles. The maximum atomic E-state index is 12.3. The Hall–Kier alpha value is -0.840. The first-order chi connectivity index (χ1) is 8.58. The van der Waals surface area contributed by atoms with Gasteiger partial charge < -0.3 is 10.6 Å². The summed E-state index contributed by atoms with van der Waals surface area (Å²) in [7, 11) is 0. The Bertz CT molecular complexity index is 440.